The van der Waals surface area contributed by atoms with Gasteiger partial charge in [-0.3, -0.25) is 4.90 Å². The number of hydrogen-bond donors (Lipinski definition) is 4. The Kier molecular flexibility index (Phi) is 9.62. The molecule has 1 saturated carbocycles. The van der Waals surface area contributed by atoms with Crippen molar-refractivity contribution in [3.63, 3.8) is 0 Å². The van der Waals surface area contributed by atoms with Crippen molar-refractivity contribution in [1.29, 1.82) is 0 Å². The van der Waals surface area contributed by atoms with Crippen LogP contribution in [-0.2, 0) is 13.0 Å². The summed E-state index contributed by atoms with van der Waals surface area (Å²) in [4.78, 5) is 9.93. The fourth-order valence-electron chi connectivity index (χ4n) is 6.19. The Morgan fingerprint density at radius 2 is 1.79 bits per heavy atom. The van der Waals surface area contributed by atoms with E-state index in [1.807, 2.05) is 29.0 Å². The van der Waals surface area contributed by atoms with E-state index >= 15 is 0 Å². The number of halogens is 3. The van der Waals surface area contributed by atoms with Crippen LogP contribution < -0.4 is 10.6 Å². The van der Waals surface area contributed by atoms with Crippen LogP contribution in [0, 0.1) is 11.8 Å². The normalized spacial score (nSPS) is 21.1. The number of hydrogen-bond acceptors (Lipinski definition) is 7. The van der Waals surface area contributed by atoms with E-state index < -0.39 is 30.8 Å². The molecule has 226 valence electrons. The van der Waals surface area contributed by atoms with E-state index in [4.69, 9.17) is 0 Å². The van der Waals surface area contributed by atoms with Crippen molar-refractivity contribution in [2.45, 2.75) is 44.2 Å². The van der Waals surface area contributed by atoms with Gasteiger partial charge in [0.1, 0.15) is 17.8 Å². The average Bonchev–Trinajstić information content (AvgIpc) is 3.50. The summed E-state index contributed by atoms with van der Waals surface area (Å²) in [6.07, 6.45) is -1.34. The maximum absolute atomic E-state index is 13.4. The van der Waals surface area contributed by atoms with Gasteiger partial charge >= 0.3 is 6.18 Å². The summed E-state index contributed by atoms with van der Waals surface area (Å²) >= 11 is 0. The Balaban J connectivity index is 1.12. The van der Waals surface area contributed by atoms with E-state index in [-0.39, 0.29) is 19.0 Å². The molecule has 4 aromatic rings. The Labute approximate surface area is 243 Å². The Morgan fingerprint density at radius 1 is 1.00 bits per heavy atom. The summed E-state index contributed by atoms with van der Waals surface area (Å²) in [5.74, 6) is -0.0785. The molecule has 4 atom stereocenters. The SMILES string of the molecule is CNc1ncnc2c1ccn2CC1C[C@H](CN(CCCNCCc2ccc3ccccc3c2)CC(F)(F)F)[C@@H](O)[C@H]1O. The third-order valence-corrected chi connectivity index (χ3v) is 8.27. The predicted octanol–water partition coefficient (Wildman–Crippen LogP) is 4.07. The number of alkyl halides is 3. The number of aromatic nitrogens is 3. The molecule has 1 unspecified atom stereocenters. The Hall–Kier alpha value is -3.25. The Morgan fingerprint density at radius 3 is 2.57 bits per heavy atom. The molecule has 5 rings (SSSR count). The molecule has 1 fully saturated rings. The van der Waals surface area contributed by atoms with Gasteiger partial charge in [-0.1, -0.05) is 42.5 Å². The van der Waals surface area contributed by atoms with Gasteiger partial charge in [0, 0.05) is 38.2 Å². The van der Waals surface area contributed by atoms with Gasteiger partial charge in [0.25, 0.3) is 0 Å². The molecule has 0 amide bonds. The van der Waals surface area contributed by atoms with E-state index in [9.17, 15) is 23.4 Å². The monoisotopic (exact) mass is 584 g/mol. The molecule has 0 aliphatic heterocycles. The zero-order valence-corrected chi connectivity index (χ0v) is 23.8. The summed E-state index contributed by atoms with van der Waals surface area (Å²) in [5.41, 5.74) is 1.91. The zero-order valence-electron chi connectivity index (χ0n) is 23.8. The molecular weight excluding hydrogens is 545 g/mol. The molecule has 0 bridgehead atoms. The lowest BCUT2D eigenvalue weighted by Crippen LogP contribution is -2.41. The number of aliphatic hydroxyl groups is 2. The van der Waals surface area contributed by atoms with Crippen molar-refractivity contribution in [2.75, 3.05) is 45.1 Å². The van der Waals surface area contributed by atoms with Crippen molar-refractivity contribution in [3.05, 3.63) is 66.6 Å². The fourth-order valence-corrected chi connectivity index (χ4v) is 6.19. The van der Waals surface area contributed by atoms with Crippen LogP contribution in [0.15, 0.2) is 61.1 Å². The smallest absolute Gasteiger partial charge is 0.390 e. The van der Waals surface area contributed by atoms with Gasteiger partial charge in [0.2, 0.25) is 0 Å². The van der Waals surface area contributed by atoms with Crippen LogP contribution >= 0.6 is 0 Å². The van der Waals surface area contributed by atoms with Crippen molar-refractivity contribution >= 4 is 27.6 Å². The first kappa shape index (κ1) is 30.2. The molecule has 2 heterocycles. The van der Waals surface area contributed by atoms with Gasteiger partial charge in [-0.05, 0) is 61.3 Å². The van der Waals surface area contributed by atoms with Crippen molar-refractivity contribution < 1.29 is 23.4 Å². The topological polar surface area (TPSA) is 98.5 Å². The van der Waals surface area contributed by atoms with E-state index in [2.05, 4.69) is 50.9 Å². The predicted molar refractivity (Wildman–Crippen MR) is 158 cm³/mol. The molecule has 2 aromatic carbocycles. The number of fused-ring (bicyclic) bond motifs is 2. The molecule has 8 nitrogen and oxygen atoms in total. The molecule has 0 spiro atoms. The number of anilines is 1. The highest BCUT2D eigenvalue weighted by molar-refractivity contribution is 5.87. The molecule has 0 saturated heterocycles. The van der Waals surface area contributed by atoms with E-state index in [1.165, 1.54) is 27.6 Å². The first-order chi connectivity index (χ1) is 20.2. The molecular formula is C31H39F3N6O2. The average molecular weight is 585 g/mol. The number of nitrogens with zero attached hydrogens (tertiary/aromatic N) is 4. The maximum Gasteiger partial charge on any atom is 0.401 e. The van der Waals surface area contributed by atoms with Crippen molar-refractivity contribution in [2.24, 2.45) is 11.8 Å². The second-order valence-corrected chi connectivity index (χ2v) is 11.3. The molecule has 11 heteroatoms. The lowest BCUT2D eigenvalue weighted by Gasteiger charge is -2.28. The highest BCUT2D eigenvalue weighted by atomic mass is 19.4. The number of benzene rings is 2. The van der Waals surface area contributed by atoms with Crippen LogP contribution in [0.3, 0.4) is 0 Å². The molecule has 42 heavy (non-hydrogen) atoms. The second kappa shape index (κ2) is 13.4. The van der Waals surface area contributed by atoms with Gasteiger partial charge in [0.15, 0.2) is 0 Å². The van der Waals surface area contributed by atoms with Crippen molar-refractivity contribution in [1.82, 2.24) is 24.8 Å². The number of rotatable bonds is 13. The Bertz CT molecular complexity index is 1460. The minimum absolute atomic E-state index is 0.0732. The number of nitrogens with one attached hydrogen (secondary N) is 2. The highest BCUT2D eigenvalue weighted by Gasteiger charge is 2.43. The first-order valence-corrected chi connectivity index (χ1v) is 14.5. The van der Waals surface area contributed by atoms with Gasteiger partial charge < -0.3 is 25.4 Å². The second-order valence-electron chi connectivity index (χ2n) is 11.3. The third-order valence-electron chi connectivity index (χ3n) is 8.27. The summed E-state index contributed by atoms with van der Waals surface area (Å²) in [5, 5.41) is 31.2. The molecule has 2 aromatic heterocycles. The van der Waals surface area contributed by atoms with Crippen LogP contribution in [0.4, 0.5) is 19.0 Å². The minimum atomic E-state index is -4.35. The minimum Gasteiger partial charge on any atom is -0.390 e. The largest absolute Gasteiger partial charge is 0.401 e. The van der Waals surface area contributed by atoms with Gasteiger partial charge in [-0.25, -0.2) is 9.97 Å². The summed E-state index contributed by atoms with van der Waals surface area (Å²) in [7, 11) is 1.77. The quantitative estimate of drug-likeness (QED) is 0.176. The summed E-state index contributed by atoms with van der Waals surface area (Å²) in [6.45, 7) is 1.01. The highest BCUT2D eigenvalue weighted by Crippen LogP contribution is 2.35. The van der Waals surface area contributed by atoms with E-state index in [0.29, 0.717) is 37.4 Å². The maximum atomic E-state index is 13.4. The van der Waals surface area contributed by atoms with Crippen LogP contribution in [0.1, 0.15) is 18.4 Å². The standard InChI is InChI=1S/C31H39F3N6O2/c1-35-29-26-10-14-40(30(26)38-20-37-29)18-25-16-24(27(41)28(25)42)17-39(19-31(32,33)34)13-4-11-36-12-9-21-7-8-22-5-2-3-6-23(22)15-21/h2-3,5-8,10,14-15,20,24-25,27-28,36,41-42H,4,9,11-13,16-19H2,1H3,(H,35,37,38)/t24-,25?,27-,28+/m1/s1. The molecule has 1 aliphatic carbocycles. The van der Waals surface area contributed by atoms with Crippen LogP contribution in [0.25, 0.3) is 21.8 Å². The van der Waals surface area contributed by atoms with Gasteiger partial charge in [-0.15, -0.1) is 0 Å². The van der Waals surface area contributed by atoms with Crippen molar-refractivity contribution in [3.8, 4) is 0 Å². The van der Waals surface area contributed by atoms with Gasteiger partial charge in [0.05, 0.1) is 24.1 Å². The van der Waals surface area contributed by atoms with Crippen LogP contribution in [0.2, 0.25) is 0 Å². The fraction of sp³-hybridized carbons (Fsp3) is 0.484. The van der Waals surface area contributed by atoms with E-state index in [1.54, 1.807) is 7.05 Å². The summed E-state index contributed by atoms with van der Waals surface area (Å²) < 4.78 is 42.2. The summed E-state index contributed by atoms with van der Waals surface area (Å²) in [6, 6.07) is 16.5. The lowest BCUT2D eigenvalue weighted by atomic mass is 10.0. The van der Waals surface area contributed by atoms with Crippen LogP contribution in [0.5, 0.6) is 0 Å². The number of aliphatic hydroxyl groups excluding tert-OH is 2. The van der Waals surface area contributed by atoms with Gasteiger partial charge in [-0.2, -0.15) is 13.2 Å². The lowest BCUT2D eigenvalue weighted by molar-refractivity contribution is -0.148. The third kappa shape index (κ3) is 7.38. The molecule has 4 N–H and O–H groups in total. The zero-order chi connectivity index (χ0) is 29.7. The molecule has 0 radical (unpaired) electrons. The van der Waals surface area contributed by atoms with Crippen LogP contribution in [-0.4, -0.2) is 87.8 Å². The molecule has 1 aliphatic rings. The van der Waals surface area contributed by atoms with E-state index in [0.717, 1.165) is 18.4 Å². The first-order valence-electron chi connectivity index (χ1n) is 14.5.